The van der Waals surface area contributed by atoms with Crippen LogP contribution in [-0.2, 0) is 14.6 Å². The summed E-state index contributed by atoms with van der Waals surface area (Å²) in [7, 11) is -4.03. The fraction of sp³-hybridized carbons (Fsp3) is 0.200. The van der Waals surface area contributed by atoms with E-state index in [0.717, 1.165) is 17.3 Å². The summed E-state index contributed by atoms with van der Waals surface area (Å²) < 4.78 is 30.0. The number of carbonyl (C=O) groups is 1. The fourth-order valence-corrected chi connectivity index (χ4v) is 5.02. The lowest BCUT2D eigenvalue weighted by Crippen LogP contribution is -2.44. The van der Waals surface area contributed by atoms with Crippen molar-refractivity contribution in [1.29, 1.82) is 0 Å². The molecular formula is C20H17Cl3N2O5S2. The second kappa shape index (κ2) is 10.0. The van der Waals surface area contributed by atoms with Gasteiger partial charge < -0.3 is 14.8 Å². The van der Waals surface area contributed by atoms with Crippen LogP contribution in [0.3, 0.4) is 0 Å². The zero-order valence-corrected chi connectivity index (χ0v) is 20.4. The molecule has 1 aromatic heterocycles. The largest absolute Gasteiger partial charge is 0.428 e. The van der Waals surface area contributed by atoms with Gasteiger partial charge >= 0.3 is 0 Å². The van der Waals surface area contributed by atoms with E-state index in [1.165, 1.54) is 12.1 Å². The predicted octanol–water partition coefficient (Wildman–Crippen LogP) is 4.38. The van der Waals surface area contributed by atoms with Gasteiger partial charge in [-0.3, -0.25) is 4.79 Å². The topological polar surface area (TPSA) is 110 Å². The smallest absolute Gasteiger partial charge is 0.234 e. The molecule has 0 fully saturated rings. The summed E-state index contributed by atoms with van der Waals surface area (Å²) in [5.41, 5.74) is 1.58. The number of oxazole rings is 1. The monoisotopic (exact) mass is 534 g/mol. The first-order valence-electron chi connectivity index (χ1n) is 9.03. The van der Waals surface area contributed by atoms with Crippen molar-refractivity contribution in [2.75, 3.05) is 5.75 Å². The number of aromatic nitrogens is 1. The van der Waals surface area contributed by atoms with Crippen LogP contribution in [0.2, 0.25) is 0 Å². The van der Waals surface area contributed by atoms with E-state index in [1.54, 1.807) is 30.3 Å². The van der Waals surface area contributed by atoms with Crippen molar-refractivity contribution in [3.05, 3.63) is 60.2 Å². The lowest BCUT2D eigenvalue weighted by atomic mass is 10.1. The van der Waals surface area contributed by atoms with Gasteiger partial charge in [0.05, 0.1) is 10.6 Å². The number of nitrogens with zero attached hydrogens (tertiary/aromatic N) is 1. The standard InChI is InChI=1S/C20H17Cl3N2O5S2/c1-12-7-9-13(10-8-12)16-25-17(32(28,29)14-5-3-2-4-6-14)18(30-16)31-11-15(26)24-19(27)20(21,22)23/h2-10,19,27H,11H2,1H3,(H,24,26)/t19-/m0/s1. The molecule has 0 bridgehead atoms. The number of thioether (sulfide) groups is 1. The van der Waals surface area contributed by atoms with Crippen molar-refractivity contribution in [2.45, 2.75) is 32.0 Å². The van der Waals surface area contributed by atoms with Crippen LogP contribution in [0, 0.1) is 6.92 Å². The van der Waals surface area contributed by atoms with E-state index in [0.29, 0.717) is 5.56 Å². The van der Waals surface area contributed by atoms with Crippen molar-refractivity contribution in [3.63, 3.8) is 0 Å². The highest BCUT2D eigenvalue weighted by Gasteiger charge is 2.33. The SMILES string of the molecule is Cc1ccc(-c2nc(S(=O)(=O)c3ccccc3)c(SCC(=O)N[C@@H](O)C(Cl)(Cl)Cl)o2)cc1. The van der Waals surface area contributed by atoms with Gasteiger partial charge in [0.25, 0.3) is 0 Å². The zero-order valence-electron chi connectivity index (χ0n) is 16.5. The van der Waals surface area contributed by atoms with E-state index >= 15 is 0 Å². The van der Waals surface area contributed by atoms with Gasteiger partial charge in [-0.05, 0) is 31.2 Å². The van der Waals surface area contributed by atoms with Crippen LogP contribution in [0.4, 0.5) is 0 Å². The van der Waals surface area contributed by atoms with Crippen LogP contribution in [0.1, 0.15) is 5.56 Å². The molecule has 12 heteroatoms. The van der Waals surface area contributed by atoms with E-state index in [2.05, 4.69) is 10.3 Å². The number of nitrogens with one attached hydrogen (secondary N) is 1. The molecule has 0 aliphatic heterocycles. The first kappa shape index (κ1) is 24.9. The second-order valence-electron chi connectivity index (χ2n) is 6.59. The number of sulfone groups is 1. The van der Waals surface area contributed by atoms with Gasteiger partial charge in [-0.1, -0.05) is 82.5 Å². The van der Waals surface area contributed by atoms with Gasteiger partial charge in [-0.2, -0.15) is 4.98 Å². The van der Waals surface area contributed by atoms with Crippen LogP contribution in [0.15, 0.2) is 74.0 Å². The normalized spacial score (nSPS) is 13.0. The molecule has 0 radical (unpaired) electrons. The van der Waals surface area contributed by atoms with Crippen molar-refractivity contribution < 1.29 is 22.7 Å². The number of halogens is 3. The Labute approximate surface area is 204 Å². The second-order valence-corrected chi connectivity index (χ2v) is 11.8. The highest BCUT2D eigenvalue weighted by molar-refractivity contribution is 8.00. The van der Waals surface area contributed by atoms with Crippen LogP contribution in [-0.4, -0.2) is 40.2 Å². The summed E-state index contributed by atoms with van der Waals surface area (Å²) in [5, 5.41) is 11.4. The molecule has 1 heterocycles. The summed E-state index contributed by atoms with van der Waals surface area (Å²) in [6, 6.07) is 14.9. The van der Waals surface area contributed by atoms with E-state index in [9.17, 15) is 18.3 Å². The highest BCUT2D eigenvalue weighted by atomic mass is 35.6. The number of hydrogen-bond donors (Lipinski definition) is 2. The lowest BCUT2D eigenvalue weighted by molar-refractivity contribution is -0.121. The number of hydrogen-bond acceptors (Lipinski definition) is 7. The Hall–Kier alpha value is -1.75. The maximum Gasteiger partial charge on any atom is 0.234 e. The van der Waals surface area contributed by atoms with Crippen molar-refractivity contribution in [2.24, 2.45) is 0 Å². The molecule has 0 aliphatic carbocycles. The summed E-state index contributed by atoms with van der Waals surface area (Å²) in [6.45, 7) is 1.91. The van der Waals surface area contributed by atoms with Crippen molar-refractivity contribution in [3.8, 4) is 11.5 Å². The third-order valence-corrected chi connectivity index (χ3v) is 7.49. The number of carbonyl (C=O) groups excluding carboxylic acids is 1. The molecule has 1 amide bonds. The molecule has 7 nitrogen and oxygen atoms in total. The Balaban J connectivity index is 1.93. The molecule has 3 rings (SSSR count). The number of alkyl halides is 3. The molecule has 32 heavy (non-hydrogen) atoms. The average Bonchev–Trinajstić information content (AvgIpc) is 3.18. The summed E-state index contributed by atoms with van der Waals surface area (Å²) in [4.78, 5) is 16.4. The number of rotatable bonds is 7. The molecule has 2 aromatic carbocycles. The van der Waals surface area contributed by atoms with Gasteiger partial charge in [-0.15, -0.1) is 0 Å². The summed E-state index contributed by atoms with van der Waals surface area (Å²) >= 11 is 17.4. The van der Waals surface area contributed by atoms with Gasteiger partial charge in [0.1, 0.15) is 0 Å². The number of aryl methyl sites for hydroxylation is 1. The minimum Gasteiger partial charge on any atom is -0.428 e. The van der Waals surface area contributed by atoms with Crippen LogP contribution in [0.25, 0.3) is 11.5 Å². The molecule has 0 aliphatic rings. The van der Waals surface area contributed by atoms with Gasteiger partial charge in [0.2, 0.25) is 35.5 Å². The molecular weight excluding hydrogens is 519 g/mol. The Bertz CT molecular complexity index is 1190. The Morgan fingerprint density at radius 1 is 1.16 bits per heavy atom. The van der Waals surface area contributed by atoms with Crippen LogP contribution in [0.5, 0.6) is 0 Å². The van der Waals surface area contributed by atoms with E-state index < -0.39 is 25.8 Å². The predicted molar refractivity (Wildman–Crippen MR) is 124 cm³/mol. The average molecular weight is 536 g/mol. The first-order valence-corrected chi connectivity index (χ1v) is 12.6. The molecule has 0 saturated heterocycles. The maximum atomic E-state index is 13.2. The highest BCUT2D eigenvalue weighted by Crippen LogP contribution is 2.35. The third-order valence-electron chi connectivity index (χ3n) is 4.12. The number of aliphatic hydroxyl groups excluding tert-OH is 1. The van der Waals surface area contributed by atoms with E-state index in [1.807, 2.05) is 19.1 Å². The molecule has 2 N–H and O–H groups in total. The fourth-order valence-electron chi connectivity index (χ4n) is 2.49. The van der Waals surface area contributed by atoms with Gasteiger partial charge in [0, 0.05) is 5.56 Å². The molecule has 0 unspecified atom stereocenters. The van der Waals surface area contributed by atoms with Crippen LogP contribution < -0.4 is 5.32 Å². The Morgan fingerprint density at radius 2 is 1.78 bits per heavy atom. The van der Waals surface area contributed by atoms with Gasteiger partial charge in [-0.25, -0.2) is 8.42 Å². The minimum atomic E-state index is -4.03. The van der Waals surface area contributed by atoms with E-state index in [-0.39, 0.29) is 26.7 Å². The molecule has 0 saturated carbocycles. The minimum absolute atomic E-state index is 0.0293. The third kappa shape index (κ3) is 5.98. The number of benzene rings is 2. The first-order chi connectivity index (χ1) is 15.0. The molecule has 3 aromatic rings. The zero-order chi connectivity index (χ0) is 23.5. The van der Waals surface area contributed by atoms with Crippen LogP contribution >= 0.6 is 46.6 Å². The van der Waals surface area contributed by atoms with E-state index in [4.69, 9.17) is 39.2 Å². The van der Waals surface area contributed by atoms with Crippen molar-refractivity contribution in [1.82, 2.24) is 10.3 Å². The lowest BCUT2D eigenvalue weighted by Gasteiger charge is -2.19. The molecule has 170 valence electrons. The van der Waals surface area contributed by atoms with Crippen molar-refractivity contribution >= 4 is 62.3 Å². The summed E-state index contributed by atoms with van der Waals surface area (Å²) in [6.07, 6.45) is -1.74. The number of aliphatic hydroxyl groups is 1. The molecule has 1 atom stereocenters. The quantitative estimate of drug-likeness (QED) is 0.262. The maximum absolute atomic E-state index is 13.2. The number of amides is 1. The Kier molecular flexibility index (Phi) is 7.80. The molecule has 0 spiro atoms. The van der Waals surface area contributed by atoms with Gasteiger partial charge in [0.15, 0.2) is 6.23 Å². The Morgan fingerprint density at radius 3 is 2.38 bits per heavy atom. The summed E-state index contributed by atoms with van der Waals surface area (Å²) in [5.74, 6) is -0.939.